The maximum absolute atomic E-state index is 12.9. The van der Waals surface area contributed by atoms with Gasteiger partial charge in [0.2, 0.25) is 0 Å². The largest absolute Gasteiger partial charge is 0.486 e. The monoisotopic (exact) mass is 480 g/mol. The number of rotatable bonds is 6. The molecule has 4 rings (SSSR count). The number of aromatic nitrogens is 3. The summed E-state index contributed by atoms with van der Waals surface area (Å²) in [5.74, 6) is 0.998. The highest BCUT2D eigenvalue weighted by atomic mass is 35.5. The Morgan fingerprint density at radius 3 is 2.74 bits per heavy atom. The maximum atomic E-state index is 12.9. The molecule has 0 aliphatic carbocycles. The third-order valence-corrected chi connectivity index (χ3v) is 8.01. The third kappa shape index (κ3) is 5.08. The van der Waals surface area contributed by atoms with Gasteiger partial charge in [-0.3, -0.25) is 4.79 Å². The standard InChI is InChI=1S/C20H21ClN4O4S2/c1-12-9-17(25(24-12)15-7-8-31(27,28)11-15)23-20(26)19-13(2)22-18(30-19)10-29-16-5-3-14(21)4-6-16/h3-6,9,15H,7-8,10-11H2,1-2H3,(H,23,26). The van der Waals surface area contributed by atoms with Crippen molar-refractivity contribution in [3.05, 3.63) is 56.6 Å². The number of anilines is 1. The van der Waals surface area contributed by atoms with E-state index >= 15 is 0 Å². The summed E-state index contributed by atoms with van der Waals surface area (Å²) in [5, 5.41) is 8.56. The van der Waals surface area contributed by atoms with Crippen LogP contribution in [0.3, 0.4) is 0 Å². The molecule has 1 saturated heterocycles. The van der Waals surface area contributed by atoms with E-state index in [-0.39, 0.29) is 30.1 Å². The Balaban J connectivity index is 1.46. The van der Waals surface area contributed by atoms with E-state index in [1.807, 2.05) is 0 Å². The average molecular weight is 481 g/mol. The minimum Gasteiger partial charge on any atom is -0.486 e. The molecule has 0 spiro atoms. The minimum atomic E-state index is -3.07. The number of halogens is 1. The molecule has 0 saturated carbocycles. The summed E-state index contributed by atoms with van der Waals surface area (Å²) in [4.78, 5) is 17.8. The number of sulfone groups is 1. The third-order valence-electron chi connectivity index (χ3n) is 4.88. The zero-order valence-electron chi connectivity index (χ0n) is 17.0. The predicted molar refractivity (Wildman–Crippen MR) is 120 cm³/mol. The number of amides is 1. The number of hydrogen-bond acceptors (Lipinski definition) is 7. The summed E-state index contributed by atoms with van der Waals surface area (Å²) in [6.07, 6.45) is 0.484. The molecule has 1 unspecified atom stereocenters. The van der Waals surface area contributed by atoms with Crippen LogP contribution in [0.2, 0.25) is 5.02 Å². The van der Waals surface area contributed by atoms with Crippen molar-refractivity contribution >= 4 is 44.5 Å². The van der Waals surface area contributed by atoms with Gasteiger partial charge in [-0.05, 0) is 44.5 Å². The summed E-state index contributed by atoms with van der Waals surface area (Å²) >= 11 is 7.13. The van der Waals surface area contributed by atoms with Crippen LogP contribution in [0.5, 0.6) is 5.75 Å². The molecule has 0 radical (unpaired) electrons. The lowest BCUT2D eigenvalue weighted by atomic mass is 10.3. The second-order valence-corrected chi connectivity index (χ2v) is 11.1. The summed E-state index contributed by atoms with van der Waals surface area (Å²) < 4.78 is 31.0. The lowest BCUT2D eigenvalue weighted by molar-refractivity contribution is 0.102. The van der Waals surface area contributed by atoms with Crippen molar-refractivity contribution < 1.29 is 17.9 Å². The molecule has 164 valence electrons. The molecule has 31 heavy (non-hydrogen) atoms. The van der Waals surface area contributed by atoms with Crippen LogP contribution in [0.1, 0.15) is 38.5 Å². The number of nitrogens with one attached hydrogen (secondary N) is 1. The summed E-state index contributed by atoms with van der Waals surface area (Å²) in [6.45, 7) is 3.81. The van der Waals surface area contributed by atoms with Crippen molar-refractivity contribution in [3.8, 4) is 5.75 Å². The van der Waals surface area contributed by atoms with Crippen LogP contribution in [0.25, 0.3) is 0 Å². The van der Waals surface area contributed by atoms with Crippen LogP contribution >= 0.6 is 22.9 Å². The van der Waals surface area contributed by atoms with Crippen LogP contribution in [-0.2, 0) is 16.4 Å². The van der Waals surface area contributed by atoms with Gasteiger partial charge in [-0.15, -0.1) is 11.3 Å². The van der Waals surface area contributed by atoms with Gasteiger partial charge in [0.15, 0.2) is 9.84 Å². The topological polar surface area (TPSA) is 103 Å². The van der Waals surface area contributed by atoms with Crippen molar-refractivity contribution in [2.45, 2.75) is 32.9 Å². The lowest BCUT2D eigenvalue weighted by Gasteiger charge is -2.13. The summed E-state index contributed by atoms with van der Waals surface area (Å²) in [7, 11) is -3.07. The number of ether oxygens (including phenoxy) is 1. The first-order chi connectivity index (χ1) is 14.7. The fraction of sp³-hybridized carbons (Fsp3) is 0.350. The van der Waals surface area contributed by atoms with Crippen LogP contribution in [0, 0.1) is 13.8 Å². The quantitative estimate of drug-likeness (QED) is 0.575. The van der Waals surface area contributed by atoms with E-state index < -0.39 is 9.84 Å². The average Bonchev–Trinajstić information content (AvgIpc) is 3.37. The van der Waals surface area contributed by atoms with Gasteiger partial charge in [-0.2, -0.15) is 5.10 Å². The Morgan fingerprint density at radius 2 is 2.06 bits per heavy atom. The van der Waals surface area contributed by atoms with Crippen LogP contribution in [0.15, 0.2) is 30.3 Å². The minimum absolute atomic E-state index is 0.0305. The van der Waals surface area contributed by atoms with Gasteiger partial charge < -0.3 is 10.1 Å². The van der Waals surface area contributed by atoms with Crippen molar-refractivity contribution in [3.63, 3.8) is 0 Å². The van der Waals surface area contributed by atoms with Crippen molar-refractivity contribution in [2.24, 2.45) is 0 Å². The summed E-state index contributed by atoms with van der Waals surface area (Å²) in [6, 6.07) is 8.48. The number of thiazole rings is 1. The van der Waals surface area contributed by atoms with Crippen LogP contribution in [-0.4, -0.2) is 40.6 Å². The SMILES string of the molecule is Cc1cc(NC(=O)c2sc(COc3ccc(Cl)cc3)nc2C)n(C2CCS(=O)(=O)C2)n1. The molecule has 0 bridgehead atoms. The number of benzene rings is 1. The van der Waals surface area contributed by atoms with E-state index in [0.29, 0.717) is 44.3 Å². The Labute approximate surface area is 189 Å². The maximum Gasteiger partial charge on any atom is 0.268 e. The second kappa shape index (κ2) is 8.60. The fourth-order valence-electron chi connectivity index (χ4n) is 3.43. The Morgan fingerprint density at radius 1 is 1.32 bits per heavy atom. The first-order valence-electron chi connectivity index (χ1n) is 9.63. The molecule has 3 heterocycles. The van der Waals surface area contributed by atoms with E-state index in [0.717, 1.165) is 0 Å². The molecule has 1 fully saturated rings. The molecule has 1 aromatic carbocycles. The van der Waals surface area contributed by atoms with Gasteiger partial charge in [-0.25, -0.2) is 18.1 Å². The highest BCUT2D eigenvalue weighted by Crippen LogP contribution is 2.28. The van der Waals surface area contributed by atoms with E-state index in [4.69, 9.17) is 16.3 Å². The molecular weight excluding hydrogens is 460 g/mol. The number of nitrogens with zero attached hydrogens (tertiary/aromatic N) is 3. The second-order valence-electron chi connectivity index (χ2n) is 7.39. The normalized spacial score (nSPS) is 17.6. The smallest absolute Gasteiger partial charge is 0.268 e. The molecule has 11 heteroatoms. The molecule has 3 aromatic rings. The Bertz CT molecular complexity index is 1220. The Kier molecular flexibility index (Phi) is 6.05. The van der Waals surface area contributed by atoms with Gasteiger partial charge >= 0.3 is 0 Å². The molecule has 2 aromatic heterocycles. The van der Waals surface area contributed by atoms with E-state index in [1.165, 1.54) is 11.3 Å². The van der Waals surface area contributed by atoms with Crippen molar-refractivity contribution in [1.82, 2.24) is 14.8 Å². The molecule has 1 atom stereocenters. The van der Waals surface area contributed by atoms with E-state index in [1.54, 1.807) is 48.9 Å². The highest BCUT2D eigenvalue weighted by molar-refractivity contribution is 7.91. The summed E-state index contributed by atoms with van der Waals surface area (Å²) in [5.41, 5.74) is 1.31. The molecule has 1 N–H and O–H groups in total. The van der Waals surface area contributed by atoms with Gasteiger partial charge in [0, 0.05) is 11.1 Å². The zero-order valence-corrected chi connectivity index (χ0v) is 19.4. The van der Waals surface area contributed by atoms with Crippen molar-refractivity contribution in [2.75, 3.05) is 16.8 Å². The van der Waals surface area contributed by atoms with E-state index in [9.17, 15) is 13.2 Å². The van der Waals surface area contributed by atoms with E-state index in [2.05, 4.69) is 15.4 Å². The first kappa shape index (κ1) is 21.8. The predicted octanol–water partition coefficient (Wildman–Crippen LogP) is 3.80. The number of carbonyl (C=O) groups is 1. The van der Waals surface area contributed by atoms with Gasteiger partial charge in [-0.1, -0.05) is 11.6 Å². The number of hydrogen-bond donors (Lipinski definition) is 1. The van der Waals surface area contributed by atoms with Crippen LogP contribution in [0.4, 0.5) is 5.82 Å². The van der Waals surface area contributed by atoms with Crippen LogP contribution < -0.4 is 10.1 Å². The molecular formula is C20H21ClN4O4S2. The molecule has 1 aliphatic rings. The highest BCUT2D eigenvalue weighted by Gasteiger charge is 2.31. The molecule has 1 amide bonds. The first-order valence-corrected chi connectivity index (χ1v) is 12.6. The van der Waals surface area contributed by atoms with Gasteiger partial charge in [0.25, 0.3) is 5.91 Å². The number of aryl methyl sites for hydroxylation is 2. The fourth-order valence-corrected chi connectivity index (χ4v) is 6.12. The zero-order chi connectivity index (χ0) is 22.2. The van der Waals surface area contributed by atoms with Crippen molar-refractivity contribution in [1.29, 1.82) is 0 Å². The number of carbonyl (C=O) groups excluding carboxylic acids is 1. The van der Waals surface area contributed by atoms with Gasteiger partial charge in [0.05, 0.1) is 28.9 Å². The molecule has 8 nitrogen and oxygen atoms in total. The van der Waals surface area contributed by atoms with Gasteiger partial charge in [0.1, 0.15) is 28.1 Å². The Hall–Kier alpha value is -2.43. The lowest BCUT2D eigenvalue weighted by Crippen LogP contribution is -2.19. The molecule has 1 aliphatic heterocycles.